The number of thiophene rings is 1. The van der Waals surface area contributed by atoms with Crippen LogP contribution < -0.4 is 10.5 Å². The van der Waals surface area contributed by atoms with Gasteiger partial charge in [0.2, 0.25) is 0 Å². The molecule has 1 unspecified atom stereocenters. The number of rotatable bonds is 4. The maximum Gasteiger partial charge on any atom is 0.165 e. The lowest BCUT2D eigenvalue weighted by atomic mass is 10.0. The quantitative estimate of drug-likeness (QED) is 0.927. The predicted octanol–water partition coefficient (Wildman–Crippen LogP) is 3.79. The normalized spacial score (nSPS) is 12.4. The van der Waals surface area contributed by atoms with Crippen LogP contribution in [0.5, 0.6) is 5.75 Å². The molecule has 1 aromatic carbocycles. The van der Waals surface area contributed by atoms with E-state index >= 15 is 0 Å². The monoisotopic (exact) mass is 285 g/mol. The molecule has 0 saturated carbocycles. The van der Waals surface area contributed by atoms with Crippen LogP contribution in [0.25, 0.3) is 0 Å². The van der Waals surface area contributed by atoms with E-state index < -0.39 is 0 Å². The van der Waals surface area contributed by atoms with Gasteiger partial charge in [0.05, 0.1) is 11.4 Å². The number of benzene rings is 1. The van der Waals surface area contributed by atoms with Crippen molar-refractivity contribution in [2.24, 2.45) is 5.73 Å². The van der Waals surface area contributed by atoms with Crippen molar-refractivity contribution >= 4 is 22.9 Å². The molecule has 0 aliphatic carbocycles. The lowest BCUT2D eigenvalue weighted by molar-refractivity contribution is 0.385. The molecule has 0 fully saturated rings. The van der Waals surface area contributed by atoms with E-state index in [9.17, 15) is 4.39 Å². The summed E-state index contributed by atoms with van der Waals surface area (Å²) in [5.74, 6) is -0.167. The van der Waals surface area contributed by atoms with E-state index in [0.29, 0.717) is 6.42 Å². The standard InChI is InChI=1S/C13H13ClFNOS/c1-17-12-6-8(2-4-10(12)15)11(16)7-9-3-5-13(14)18-9/h2-6,11H,7,16H2,1H3. The summed E-state index contributed by atoms with van der Waals surface area (Å²) in [5, 5.41) is 0. The second kappa shape index (κ2) is 5.69. The summed E-state index contributed by atoms with van der Waals surface area (Å²) in [6, 6.07) is 8.28. The van der Waals surface area contributed by atoms with Gasteiger partial charge in [0.25, 0.3) is 0 Å². The first-order valence-electron chi connectivity index (χ1n) is 5.43. The summed E-state index contributed by atoms with van der Waals surface area (Å²) in [4.78, 5) is 1.11. The van der Waals surface area contributed by atoms with Gasteiger partial charge in [-0.25, -0.2) is 4.39 Å². The van der Waals surface area contributed by atoms with Crippen LogP contribution in [0.15, 0.2) is 30.3 Å². The molecule has 0 amide bonds. The summed E-state index contributed by atoms with van der Waals surface area (Å²) in [5.41, 5.74) is 6.94. The molecular formula is C13H13ClFNOS. The Labute approximate surface area is 114 Å². The summed E-state index contributed by atoms with van der Waals surface area (Å²) >= 11 is 7.37. The minimum absolute atomic E-state index is 0.200. The maximum absolute atomic E-state index is 13.3. The van der Waals surface area contributed by atoms with Crippen LogP contribution in [-0.2, 0) is 6.42 Å². The molecule has 0 saturated heterocycles. The van der Waals surface area contributed by atoms with E-state index in [1.807, 2.05) is 12.1 Å². The van der Waals surface area contributed by atoms with Gasteiger partial charge in [0.15, 0.2) is 11.6 Å². The van der Waals surface area contributed by atoms with E-state index in [4.69, 9.17) is 22.1 Å². The number of hydrogen-bond acceptors (Lipinski definition) is 3. The third kappa shape index (κ3) is 3.02. The molecule has 1 atom stereocenters. The molecular weight excluding hydrogens is 273 g/mol. The Morgan fingerprint density at radius 3 is 2.78 bits per heavy atom. The van der Waals surface area contributed by atoms with E-state index in [1.54, 1.807) is 12.1 Å². The molecule has 96 valence electrons. The van der Waals surface area contributed by atoms with Gasteiger partial charge in [-0.1, -0.05) is 17.7 Å². The Morgan fingerprint density at radius 1 is 1.39 bits per heavy atom. The van der Waals surface area contributed by atoms with Crippen LogP contribution >= 0.6 is 22.9 Å². The topological polar surface area (TPSA) is 35.2 Å². The van der Waals surface area contributed by atoms with Crippen LogP contribution in [0.1, 0.15) is 16.5 Å². The van der Waals surface area contributed by atoms with E-state index in [2.05, 4.69) is 0 Å². The first-order chi connectivity index (χ1) is 8.60. The summed E-state index contributed by atoms with van der Waals surface area (Å²) < 4.78 is 19.0. The molecule has 0 aliphatic heterocycles. The largest absolute Gasteiger partial charge is 0.494 e. The highest BCUT2D eigenvalue weighted by molar-refractivity contribution is 7.16. The average Bonchev–Trinajstić information content (AvgIpc) is 2.75. The highest BCUT2D eigenvalue weighted by atomic mass is 35.5. The summed E-state index contributed by atoms with van der Waals surface area (Å²) in [7, 11) is 1.44. The lowest BCUT2D eigenvalue weighted by Crippen LogP contribution is -2.13. The predicted molar refractivity (Wildman–Crippen MR) is 72.9 cm³/mol. The third-order valence-electron chi connectivity index (χ3n) is 2.65. The van der Waals surface area contributed by atoms with Crippen molar-refractivity contribution in [3.63, 3.8) is 0 Å². The minimum atomic E-state index is -0.382. The Bertz CT molecular complexity index is 544. The molecule has 0 spiro atoms. The van der Waals surface area contributed by atoms with Gasteiger partial charge in [-0.3, -0.25) is 0 Å². The smallest absolute Gasteiger partial charge is 0.165 e. The molecule has 1 aromatic heterocycles. The molecule has 1 heterocycles. The first kappa shape index (κ1) is 13.3. The minimum Gasteiger partial charge on any atom is -0.494 e. The maximum atomic E-state index is 13.3. The zero-order chi connectivity index (χ0) is 13.1. The Morgan fingerprint density at radius 2 is 2.17 bits per heavy atom. The van der Waals surface area contributed by atoms with Crippen molar-refractivity contribution in [2.45, 2.75) is 12.5 Å². The molecule has 5 heteroatoms. The number of nitrogens with two attached hydrogens (primary N) is 1. The van der Waals surface area contributed by atoms with Crippen LogP contribution in [0.2, 0.25) is 4.34 Å². The van der Waals surface area contributed by atoms with Gasteiger partial charge in [-0.05, 0) is 29.8 Å². The first-order valence-corrected chi connectivity index (χ1v) is 6.63. The van der Waals surface area contributed by atoms with Crippen molar-refractivity contribution in [2.75, 3.05) is 7.11 Å². The van der Waals surface area contributed by atoms with Gasteiger partial charge in [0.1, 0.15) is 0 Å². The Balaban J connectivity index is 2.15. The van der Waals surface area contributed by atoms with Crippen LogP contribution in [0.3, 0.4) is 0 Å². The Kier molecular flexibility index (Phi) is 4.22. The average molecular weight is 286 g/mol. The highest BCUT2D eigenvalue weighted by Gasteiger charge is 2.12. The zero-order valence-corrected chi connectivity index (χ0v) is 11.4. The van der Waals surface area contributed by atoms with Crippen LogP contribution in [0.4, 0.5) is 4.39 Å². The Hall–Kier alpha value is -1.10. The second-order valence-corrected chi connectivity index (χ2v) is 5.71. The van der Waals surface area contributed by atoms with Crippen molar-refractivity contribution in [3.8, 4) is 5.75 Å². The molecule has 2 nitrogen and oxygen atoms in total. The highest BCUT2D eigenvalue weighted by Crippen LogP contribution is 2.27. The van der Waals surface area contributed by atoms with Crippen molar-refractivity contribution < 1.29 is 9.13 Å². The number of hydrogen-bond donors (Lipinski definition) is 1. The summed E-state index contributed by atoms with van der Waals surface area (Å²) in [6.07, 6.45) is 0.673. The number of methoxy groups -OCH3 is 1. The van der Waals surface area contributed by atoms with E-state index in [-0.39, 0.29) is 17.6 Å². The van der Waals surface area contributed by atoms with Crippen LogP contribution in [-0.4, -0.2) is 7.11 Å². The molecule has 2 N–H and O–H groups in total. The molecule has 2 aromatic rings. The summed E-state index contributed by atoms with van der Waals surface area (Å²) in [6.45, 7) is 0. The second-order valence-electron chi connectivity index (χ2n) is 3.91. The van der Waals surface area contributed by atoms with E-state index in [0.717, 1.165) is 14.8 Å². The van der Waals surface area contributed by atoms with Crippen molar-refractivity contribution in [1.29, 1.82) is 0 Å². The fraction of sp³-hybridized carbons (Fsp3) is 0.231. The lowest BCUT2D eigenvalue weighted by Gasteiger charge is -2.12. The van der Waals surface area contributed by atoms with Gasteiger partial charge in [-0.15, -0.1) is 11.3 Å². The number of ether oxygens (including phenoxy) is 1. The fourth-order valence-corrected chi connectivity index (χ4v) is 2.85. The van der Waals surface area contributed by atoms with Crippen molar-refractivity contribution in [3.05, 3.63) is 50.9 Å². The molecule has 0 aliphatic rings. The molecule has 2 rings (SSSR count). The van der Waals surface area contributed by atoms with Gasteiger partial charge >= 0.3 is 0 Å². The van der Waals surface area contributed by atoms with Crippen molar-refractivity contribution in [1.82, 2.24) is 0 Å². The SMILES string of the molecule is COc1cc(C(N)Cc2ccc(Cl)s2)ccc1F. The molecule has 18 heavy (non-hydrogen) atoms. The molecule has 0 bridgehead atoms. The van der Waals surface area contributed by atoms with Gasteiger partial charge in [-0.2, -0.15) is 0 Å². The zero-order valence-electron chi connectivity index (χ0n) is 9.82. The third-order valence-corrected chi connectivity index (χ3v) is 3.91. The van der Waals surface area contributed by atoms with E-state index in [1.165, 1.54) is 24.5 Å². The number of halogens is 2. The van der Waals surface area contributed by atoms with Gasteiger partial charge < -0.3 is 10.5 Å². The van der Waals surface area contributed by atoms with Gasteiger partial charge in [0, 0.05) is 17.3 Å². The van der Waals surface area contributed by atoms with Crippen LogP contribution in [0, 0.1) is 5.82 Å². The fourth-order valence-electron chi connectivity index (χ4n) is 1.70. The molecule has 0 radical (unpaired) electrons.